The van der Waals surface area contributed by atoms with E-state index in [0.29, 0.717) is 23.7 Å². The van der Waals surface area contributed by atoms with Crippen molar-refractivity contribution >= 4 is 33.2 Å². The van der Waals surface area contributed by atoms with Gasteiger partial charge in [-0.05, 0) is 30.7 Å². The molecule has 4 nitrogen and oxygen atoms in total. The molecule has 0 spiro atoms. The molecule has 1 rings (SSSR count). The van der Waals surface area contributed by atoms with Crippen molar-refractivity contribution in [3.05, 3.63) is 27.7 Å². The molecule has 1 aromatic carbocycles. The van der Waals surface area contributed by atoms with E-state index < -0.39 is 10.0 Å². The zero-order valence-corrected chi connectivity index (χ0v) is 14.2. The molecule has 1 aromatic rings. The molecule has 114 valence electrons. The van der Waals surface area contributed by atoms with Gasteiger partial charge in [0.25, 0.3) is 0 Å². The summed E-state index contributed by atoms with van der Waals surface area (Å²) in [7, 11) is -2.09. The third-order valence-electron chi connectivity index (χ3n) is 2.96. The van der Waals surface area contributed by atoms with Crippen LogP contribution in [0.25, 0.3) is 0 Å². The van der Waals surface area contributed by atoms with Crippen LogP contribution in [0.5, 0.6) is 0 Å². The van der Waals surface area contributed by atoms with Gasteiger partial charge < -0.3 is 5.32 Å². The lowest BCUT2D eigenvalue weighted by molar-refractivity contribution is 0.486. The van der Waals surface area contributed by atoms with Gasteiger partial charge in [0.2, 0.25) is 10.0 Å². The molecule has 0 saturated heterocycles. The van der Waals surface area contributed by atoms with Crippen LogP contribution in [-0.2, 0) is 16.6 Å². The second kappa shape index (κ2) is 7.61. The van der Waals surface area contributed by atoms with Gasteiger partial charge in [0.1, 0.15) is 4.90 Å². The molecule has 0 aromatic heterocycles. The first-order chi connectivity index (χ1) is 9.34. The molecule has 0 amide bonds. The van der Waals surface area contributed by atoms with Crippen molar-refractivity contribution in [2.24, 2.45) is 0 Å². The van der Waals surface area contributed by atoms with E-state index in [-0.39, 0.29) is 9.92 Å². The van der Waals surface area contributed by atoms with Crippen LogP contribution in [0, 0.1) is 0 Å². The molecule has 0 bridgehead atoms. The molecule has 0 radical (unpaired) electrons. The van der Waals surface area contributed by atoms with Gasteiger partial charge >= 0.3 is 0 Å². The largest absolute Gasteiger partial charge is 0.313 e. The van der Waals surface area contributed by atoms with Gasteiger partial charge in [0, 0.05) is 25.2 Å². The van der Waals surface area contributed by atoms with Crippen LogP contribution in [0.4, 0.5) is 0 Å². The summed E-state index contributed by atoms with van der Waals surface area (Å²) in [6.45, 7) is 5.51. The Kier molecular flexibility index (Phi) is 6.75. The highest BCUT2D eigenvalue weighted by Gasteiger charge is 2.24. The Labute approximate surface area is 131 Å². The molecule has 0 fully saturated rings. The first kappa shape index (κ1) is 17.7. The van der Waals surface area contributed by atoms with Gasteiger partial charge in [-0.15, -0.1) is 0 Å². The highest BCUT2D eigenvalue weighted by molar-refractivity contribution is 7.89. The third kappa shape index (κ3) is 4.09. The number of sulfonamides is 1. The fourth-order valence-corrected chi connectivity index (χ4v) is 3.76. The molecule has 0 aliphatic rings. The molecule has 0 unspecified atom stereocenters. The van der Waals surface area contributed by atoms with Crippen LogP contribution < -0.4 is 5.32 Å². The van der Waals surface area contributed by atoms with Crippen LogP contribution in [0.2, 0.25) is 10.0 Å². The number of halogens is 2. The van der Waals surface area contributed by atoms with Gasteiger partial charge in [0.15, 0.2) is 0 Å². The van der Waals surface area contributed by atoms with Crippen molar-refractivity contribution in [3.63, 3.8) is 0 Å². The van der Waals surface area contributed by atoms with E-state index in [1.54, 1.807) is 13.0 Å². The number of nitrogens with one attached hydrogen (secondary N) is 1. The minimum atomic E-state index is -3.61. The SMILES string of the molecule is CCCNCc1cc(Cl)cc(S(=O)(=O)N(C)CC)c1Cl. The van der Waals surface area contributed by atoms with Crippen LogP contribution in [0.15, 0.2) is 17.0 Å². The van der Waals surface area contributed by atoms with Crippen molar-refractivity contribution in [2.75, 3.05) is 20.1 Å². The summed E-state index contributed by atoms with van der Waals surface area (Å²) >= 11 is 12.3. The summed E-state index contributed by atoms with van der Waals surface area (Å²) in [5.74, 6) is 0. The summed E-state index contributed by atoms with van der Waals surface area (Å²) in [6, 6.07) is 3.09. The number of benzene rings is 1. The van der Waals surface area contributed by atoms with Crippen LogP contribution in [0.3, 0.4) is 0 Å². The quantitative estimate of drug-likeness (QED) is 0.777. The molecular weight excluding hydrogens is 319 g/mol. The van der Waals surface area contributed by atoms with E-state index in [1.165, 1.54) is 17.4 Å². The smallest absolute Gasteiger partial charge is 0.244 e. The standard InChI is InChI=1S/C13H20Cl2N2O2S/c1-4-6-16-9-10-7-11(14)8-12(13(10)15)20(18,19)17(3)5-2/h7-8,16H,4-6,9H2,1-3H3. The molecule has 20 heavy (non-hydrogen) atoms. The van der Waals surface area contributed by atoms with E-state index in [2.05, 4.69) is 12.2 Å². The predicted molar refractivity (Wildman–Crippen MR) is 83.9 cm³/mol. The summed E-state index contributed by atoms with van der Waals surface area (Å²) in [6.07, 6.45) is 0.988. The normalized spacial score (nSPS) is 12.1. The minimum absolute atomic E-state index is 0.0596. The van der Waals surface area contributed by atoms with Crippen molar-refractivity contribution in [1.82, 2.24) is 9.62 Å². The molecule has 0 atom stereocenters. The first-order valence-electron chi connectivity index (χ1n) is 6.49. The second-order valence-electron chi connectivity index (χ2n) is 4.47. The lowest BCUT2D eigenvalue weighted by Crippen LogP contribution is -2.27. The molecule has 0 aliphatic carbocycles. The van der Waals surface area contributed by atoms with Gasteiger partial charge in [0.05, 0.1) is 5.02 Å². The average molecular weight is 339 g/mol. The third-order valence-corrected chi connectivity index (χ3v) is 5.69. The summed E-state index contributed by atoms with van der Waals surface area (Å²) < 4.78 is 26.0. The maximum atomic E-state index is 12.4. The van der Waals surface area contributed by atoms with Gasteiger partial charge in [-0.25, -0.2) is 12.7 Å². The molecule has 1 N–H and O–H groups in total. The Balaban J connectivity index is 3.21. The van der Waals surface area contributed by atoms with Crippen molar-refractivity contribution in [3.8, 4) is 0 Å². The monoisotopic (exact) mass is 338 g/mol. The van der Waals surface area contributed by atoms with Gasteiger partial charge in [-0.3, -0.25) is 0 Å². The van der Waals surface area contributed by atoms with Crippen LogP contribution >= 0.6 is 23.2 Å². The van der Waals surface area contributed by atoms with Crippen LogP contribution in [0.1, 0.15) is 25.8 Å². The Hall–Kier alpha value is -0.330. The summed E-state index contributed by atoms with van der Waals surface area (Å²) in [5.41, 5.74) is 0.690. The predicted octanol–water partition coefficient (Wildman–Crippen LogP) is 3.13. The molecule has 0 aliphatic heterocycles. The van der Waals surface area contributed by atoms with Crippen molar-refractivity contribution in [2.45, 2.75) is 31.7 Å². The fraction of sp³-hybridized carbons (Fsp3) is 0.538. The number of nitrogens with zero attached hydrogens (tertiary/aromatic N) is 1. The maximum Gasteiger partial charge on any atom is 0.244 e. The Morgan fingerprint density at radius 1 is 1.25 bits per heavy atom. The molecule has 0 heterocycles. The summed E-state index contributed by atoms with van der Waals surface area (Å²) in [4.78, 5) is 0.0596. The number of hydrogen-bond donors (Lipinski definition) is 1. The Bertz CT molecular complexity index is 562. The van der Waals surface area contributed by atoms with Crippen molar-refractivity contribution in [1.29, 1.82) is 0 Å². The fourth-order valence-electron chi connectivity index (χ4n) is 1.67. The average Bonchev–Trinajstić information content (AvgIpc) is 2.41. The topological polar surface area (TPSA) is 49.4 Å². The highest BCUT2D eigenvalue weighted by atomic mass is 35.5. The Morgan fingerprint density at radius 2 is 1.90 bits per heavy atom. The zero-order chi connectivity index (χ0) is 15.3. The van der Waals surface area contributed by atoms with Crippen LogP contribution in [-0.4, -0.2) is 32.9 Å². The van der Waals surface area contributed by atoms with E-state index in [9.17, 15) is 8.42 Å². The van der Waals surface area contributed by atoms with Crippen molar-refractivity contribution < 1.29 is 8.42 Å². The van der Waals surface area contributed by atoms with E-state index in [4.69, 9.17) is 23.2 Å². The number of rotatable bonds is 7. The van der Waals surface area contributed by atoms with E-state index in [1.807, 2.05) is 0 Å². The summed E-state index contributed by atoms with van der Waals surface area (Å²) in [5, 5.41) is 3.79. The minimum Gasteiger partial charge on any atom is -0.313 e. The maximum absolute atomic E-state index is 12.4. The number of hydrogen-bond acceptors (Lipinski definition) is 3. The Morgan fingerprint density at radius 3 is 2.45 bits per heavy atom. The lowest BCUT2D eigenvalue weighted by Gasteiger charge is -2.18. The second-order valence-corrected chi connectivity index (χ2v) is 7.30. The zero-order valence-electron chi connectivity index (χ0n) is 11.9. The van der Waals surface area contributed by atoms with E-state index >= 15 is 0 Å². The first-order valence-corrected chi connectivity index (χ1v) is 8.69. The molecule has 0 saturated carbocycles. The van der Waals surface area contributed by atoms with Gasteiger partial charge in [-0.2, -0.15) is 0 Å². The molecular formula is C13H20Cl2N2O2S. The lowest BCUT2D eigenvalue weighted by atomic mass is 10.2. The van der Waals surface area contributed by atoms with Gasteiger partial charge in [-0.1, -0.05) is 37.0 Å². The van der Waals surface area contributed by atoms with E-state index in [0.717, 1.165) is 13.0 Å². The molecule has 7 heteroatoms. The highest BCUT2D eigenvalue weighted by Crippen LogP contribution is 2.31.